The van der Waals surface area contributed by atoms with Crippen LogP contribution in [-0.4, -0.2) is 21.3 Å². The molecular weight excluding hydrogens is 284 g/mol. The summed E-state index contributed by atoms with van der Waals surface area (Å²) in [5.41, 5.74) is 4.21. The molecule has 1 aliphatic heterocycles. The van der Waals surface area contributed by atoms with Crippen molar-refractivity contribution in [3.8, 4) is 16.9 Å². The van der Waals surface area contributed by atoms with Gasteiger partial charge >= 0.3 is 0 Å². The number of benzene rings is 1. The molecule has 3 heterocycles. The molecule has 0 unspecified atom stereocenters. The van der Waals surface area contributed by atoms with Gasteiger partial charge in [0.25, 0.3) is 0 Å². The van der Waals surface area contributed by atoms with E-state index in [2.05, 4.69) is 10.3 Å². The van der Waals surface area contributed by atoms with Gasteiger partial charge in [-0.3, -0.25) is 4.98 Å². The zero-order valence-electron chi connectivity index (χ0n) is 11.3. The van der Waals surface area contributed by atoms with Crippen molar-refractivity contribution in [3.05, 3.63) is 59.4 Å². The van der Waals surface area contributed by atoms with Crippen LogP contribution in [0.1, 0.15) is 5.56 Å². The highest BCUT2D eigenvalue weighted by atomic mass is 35.5. The molecule has 1 N–H and O–H groups in total. The standard InChI is InChI=1S/C16H13ClN4/c17-13-3-1-2-4-14(13)21-16-12(7-10-19-16)15(20-21)11-5-8-18-9-6-11/h1-6,8-9,19H,7,10H2. The number of hydrogen-bond acceptors (Lipinski definition) is 3. The van der Waals surface area contributed by atoms with E-state index in [9.17, 15) is 0 Å². The van der Waals surface area contributed by atoms with Crippen LogP contribution < -0.4 is 5.32 Å². The summed E-state index contributed by atoms with van der Waals surface area (Å²) in [5.74, 6) is 1.04. The van der Waals surface area contributed by atoms with E-state index >= 15 is 0 Å². The minimum Gasteiger partial charge on any atom is -0.369 e. The zero-order valence-corrected chi connectivity index (χ0v) is 12.0. The van der Waals surface area contributed by atoms with Crippen molar-refractivity contribution in [1.82, 2.24) is 14.8 Å². The second-order valence-corrected chi connectivity index (χ2v) is 5.36. The fraction of sp³-hybridized carbons (Fsp3) is 0.125. The van der Waals surface area contributed by atoms with Crippen LogP contribution in [-0.2, 0) is 6.42 Å². The first-order valence-corrected chi connectivity index (χ1v) is 7.23. The van der Waals surface area contributed by atoms with Crippen LogP contribution in [0.15, 0.2) is 48.8 Å². The van der Waals surface area contributed by atoms with Crippen molar-refractivity contribution in [1.29, 1.82) is 0 Å². The molecule has 4 nitrogen and oxygen atoms in total. The third-order valence-corrected chi connectivity index (χ3v) is 4.00. The number of fused-ring (bicyclic) bond motifs is 1. The summed E-state index contributed by atoms with van der Waals surface area (Å²) in [6, 6.07) is 11.7. The lowest BCUT2D eigenvalue weighted by atomic mass is 10.1. The highest BCUT2D eigenvalue weighted by molar-refractivity contribution is 6.32. The van der Waals surface area contributed by atoms with Crippen LogP contribution in [0, 0.1) is 0 Å². The second kappa shape index (κ2) is 4.90. The van der Waals surface area contributed by atoms with Crippen molar-refractivity contribution in [2.75, 3.05) is 11.9 Å². The molecule has 21 heavy (non-hydrogen) atoms. The van der Waals surface area contributed by atoms with Gasteiger partial charge in [-0.05, 0) is 30.7 Å². The Balaban J connectivity index is 1.93. The van der Waals surface area contributed by atoms with Crippen molar-refractivity contribution >= 4 is 17.4 Å². The maximum Gasteiger partial charge on any atom is 0.133 e. The Bertz CT molecular complexity index is 795. The maximum atomic E-state index is 6.32. The molecule has 0 aliphatic carbocycles. The molecule has 1 aromatic carbocycles. The lowest BCUT2D eigenvalue weighted by Gasteiger charge is -2.07. The normalized spacial score (nSPS) is 13.0. The monoisotopic (exact) mass is 296 g/mol. The van der Waals surface area contributed by atoms with E-state index < -0.39 is 0 Å². The van der Waals surface area contributed by atoms with Crippen LogP contribution in [0.25, 0.3) is 16.9 Å². The van der Waals surface area contributed by atoms with Gasteiger partial charge in [0, 0.05) is 30.1 Å². The van der Waals surface area contributed by atoms with Gasteiger partial charge in [-0.2, -0.15) is 5.10 Å². The van der Waals surface area contributed by atoms with Crippen molar-refractivity contribution in [3.63, 3.8) is 0 Å². The number of hydrogen-bond donors (Lipinski definition) is 1. The van der Waals surface area contributed by atoms with Gasteiger partial charge in [0.1, 0.15) is 5.82 Å². The first kappa shape index (κ1) is 12.4. The summed E-state index contributed by atoms with van der Waals surface area (Å²) >= 11 is 6.32. The van der Waals surface area contributed by atoms with E-state index in [0.29, 0.717) is 5.02 Å². The van der Waals surface area contributed by atoms with Gasteiger partial charge < -0.3 is 5.32 Å². The lowest BCUT2D eigenvalue weighted by Crippen LogP contribution is -2.04. The molecule has 4 rings (SSSR count). The Kier molecular flexibility index (Phi) is 2.89. The third-order valence-electron chi connectivity index (χ3n) is 3.69. The Morgan fingerprint density at radius 2 is 1.90 bits per heavy atom. The average Bonchev–Trinajstić information content (AvgIpc) is 3.11. The van der Waals surface area contributed by atoms with Crippen LogP contribution >= 0.6 is 11.6 Å². The SMILES string of the molecule is Clc1ccccc1-n1nc(-c2ccncc2)c2c1NCC2. The molecule has 0 spiro atoms. The highest BCUT2D eigenvalue weighted by Crippen LogP contribution is 2.35. The maximum absolute atomic E-state index is 6.32. The molecule has 0 saturated carbocycles. The lowest BCUT2D eigenvalue weighted by molar-refractivity contribution is 0.882. The number of anilines is 1. The predicted octanol–water partition coefficient (Wildman–Crippen LogP) is 3.56. The first-order chi connectivity index (χ1) is 10.3. The van der Waals surface area contributed by atoms with Crippen molar-refractivity contribution in [2.45, 2.75) is 6.42 Å². The molecule has 5 heteroatoms. The van der Waals surface area contributed by atoms with Gasteiger partial charge in [-0.15, -0.1) is 0 Å². The molecule has 0 atom stereocenters. The molecule has 1 aliphatic rings. The minimum atomic E-state index is 0.692. The van der Waals surface area contributed by atoms with Crippen molar-refractivity contribution in [2.24, 2.45) is 0 Å². The van der Waals surface area contributed by atoms with E-state index in [1.54, 1.807) is 12.4 Å². The van der Waals surface area contributed by atoms with Crippen LogP contribution in [0.4, 0.5) is 5.82 Å². The molecule has 2 aromatic heterocycles. The molecule has 0 radical (unpaired) electrons. The molecule has 3 aromatic rings. The topological polar surface area (TPSA) is 42.7 Å². The zero-order chi connectivity index (χ0) is 14.2. The van der Waals surface area contributed by atoms with Gasteiger partial charge in [-0.1, -0.05) is 23.7 Å². The van der Waals surface area contributed by atoms with Gasteiger partial charge in [0.05, 0.1) is 16.4 Å². The molecule has 104 valence electrons. The largest absolute Gasteiger partial charge is 0.369 e. The average molecular weight is 297 g/mol. The van der Waals surface area contributed by atoms with Crippen molar-refractivity contribution < 1.29 is 0 Å². The summed E-state index contributed by atoms with van der Waals surface area (Å²) in [7, 11) is 0. The number of nitrogens with zero attached hydrogens (tertiary/aromatic N) is 3. The van der Waals surface area contributed by atoms with Crippen LogP contribution in [0.5, 0.6) is 0 Å². The smallest absolute Gasteiger partial charge is 0.133 e. The Morgan fingerprint density at radius 1 is 1.10 bits per heavy atom. The van der Waals surface area contributed by atoms with E-state index in [1.165, 1.54) is 5.56 Å². The highest BCUT2D eigenvalue weighted by Gasteiger charge is 2.24. The van der Waals surface area contributed by atoms with Crippen LogP contribution in [0.2, 0.25) is 5.02 Å². The fourth-order valence-corrected chi connectivity index (χ4v) is 2.93. The van der Waals surface area contributed by atoms with Gasteiger partial charge in [0.2, 0.25) is 0 Å². The number of rotatable bonds is 2. The summed E-state index contributed by atoms with van der Waals surface area (Å²) in [4.78, 5) is 4.07. The van der Waals surface area contributed by atoms with Gasteiger partial charge in [0.15, 0.2) is 0 Å². The Morgan fingerprint density at radius 3 is 2.71 bits per heavy atom. The van der Waals surface area contributed by atoms with E-state index in [4.69, 9.17) is 16.7 Å². The second-order valence-electron chi connectivity index (χ2n) is 4.95. The molecule has 0 saturated heterocycles. The van der Waals surface area contributed by atoms with E-state index in [0.717, 1.165) is 35.7 Å². The minimum absolute atomic E-state index is 0.692. The fourth-order valence-electron chi connectivity index (χ4n) is 2.71. The van der Waals surface area contributed by atoms with E-state index in [-0.39, 0.29) is 0 Å². The summed E-state index contributed by atoms with van der Waals surface area (Å²) in [5, 5.41) is 8.88. The van der Waals surface area contributed by atoms with E-state index in [1.807, 2.05) is 41.1 Å². The Hall–Kier alpha value is -2.33. The summed E-state index contributed by atoms with van der Waals surface area (Å²) in [6.45, 7) is 0.926. The molecule has 0 bridgehead atoms. The molecule has 0 fully saturated rings. The quantitative estimate of drug-likeness (QED) is 0.786. The number of aromatic nitrogens is 3. The molecular formula is C16H13ClN4. The number of para-hydroxylation sites is 1. The Labute approximate surface area is 127 Å². The number of nitrogens with one attached hydrogen (secondary N) is 1. The summed E-state index contributed by atoms with van der Waals surface area (Å²) in [6.07, 6.45) is 4.55. The number of pyridine rings is 1. The predicted molar refractivity (Wildman–Crippen MR) is 84.0 cm³/mol. The summed E-state index contributed by atoms with van der Waals surface area (Å²) < 4.78 is 1.90. The first-order valence-electron chi connectivity index (χ1n) is 6.85. The van der Waals surface area contributed by atoms with Crippen LogP contribution in [0.3, 0.4) is 0 Å². The molecule has 0 amide bonds. The van der Waals surface area contributed by atoms with Gasteiger partial charge in [-0.25, -0.2) is 4.68 Å². The third kappa shape index (κ3) is 1.99. The number of halogens is 1.